The van der Waals surface area contributed by atoms with Crippen LogP contribution in [-0.4, -0.2) is 30.1 Å². The SMILES string of the molecule is CC1(C)OC[C@@H](C2=CC(=O)C[C@H]2CC(=O)c2ccccc2)O1. The summed E-state index contributed by atoms with van der Waals surface area (Å²) in [6.45, 7) is 4.14. The molecule has 1 aliphatic carbocycles. The Hall–Kier alpha value is -1.78. The second kappa shape index (κ2) is 5.78. The largest absolute Gasteiger partial charge is 0.347 e. The fourth-order valence-electron chi connectivity index (χ4n) is 3.09. The third kappa shape index (κ3) is 3.18. The van der Waals surface area contributed by atoms with Gasteiger partial charge in [-0.15, -0.1) is 0 Å². The van der Waals surface area contributed by atoms with Gasteiger partial charge in [-0.25, -0.2) is 0 Å². The van der Waals surface area contributed by atoms with Gasteiger partial charge in [0.1, 0.15) is 6.10 Å². The standard InChI is InChI=1S/C18H20O4/c1-18(2)21-11-17(22-18)15-10-14(19)8-13(15)9-16(20)12-6-4-3-5-7-12/h3-7,10,13,17H,8-9,11H2,1-2H3/t13-,17-/m0/s1. The van der Waals surface area contributed by atoms with Crippen molar-refractivity contribution in [1.29, 1.82) is 0 Å². The monoisotopic (exact) mass is 300 g/mol. The van der Waals surface area contributed by atoms with Crippen molar-refractivity contribution >= 4 is 11.6 Å². The molecule has 2 atom stereocenters. The third-order valence-electron chi connectivity index (χ3n) is 4.15. The molecule has 1 heterocycles. The van der Waals surface area contributed by atoms with Gasteiger partial charge < -0.3 is 9.47 Å². The van der Waals surface area contributed by atoms with E-state index in [-0.39, 0.29) is 23.6 Å². The van der Waals surface area contributed by atoms with E-state index in [0.717, 1.165) is 5.57 Å². The first-order valence-corrected chi connectivity index (χ1v) is 7.59. The summed E-state index contributed by atoms with van der Waals surface area (Å²) in [5.74, 6) is -0.591. The lowest BCUT2D eigenvalue weighted by Crippen LogP contribution is -2.24. The van der Waals surface area contributed by atoms with Gasteiger partial charge >= 0.3 is 0 Å². The molecule has 0 saturated carbocycles. The maximum absolute atomic E-state index is 12.4. The molecule has 0 bridgehead atoms. The van der Waals surface area contributed by atoms with Crippen LogP contribution in [0, 0.1) is 5.92 Å². The molecular weight excluding hydrogens is 280 g/mol. The Bertz CT molecular complexity index is 615. The highest BCUT2D eigenvalue weighted by molar-refractivity contribution is 5.99. The molecular formula is C18H20O4. The van der Waals surface area contributed by atoms with Gasteiger partial charge in [-0.05, 0) is 31.4 Å². The summed E-state index contributed by atoms with van der Waals surface area (Å²) in [5, 5.41) is 0. The van der Waals surface area contributed by atoms with Crippen molar-refractivity contribution in [2.45, 2.75) is 38.6 Å². The number of carbonyl (C=O) groups is 2. The van der Waals surface area contributed by atoms with Crippen molar-refractivity contribution in [3.63, 3.8) is 0 Å². The summed E-state index contributed by atoms with van der Waals surface area (Å²) in [7, 11) is 0. The number of benzene rings is 1. The van der Waals surface area contributed by atoms with Crippen LogP contribution in [0.2, 0.25) is 0 Å². The minimum Gasteiger partial charge on any atom is -0.347 e. The van der Waals surface area contributed by atoms with Crippen LogP contribution < -0.4 is 0 Å². The minimum atomic E-state index is -0.634. The number of allylic oxidation sites excluding steroid dienone is 1. The Morgan fingerprint density at radius 1 is 1.27 bits per heavy atom. The third-order valence-corrected chi connectivity index (χ3v) is 4.15. The summed E-state index contributed by atoms with van der Waals surface area (Å²) in [5.41, 5.74) is 1.59. The van der Waals surface area contributed by atoms with Crippen molar-refractivity contribution < 1.29 is 19.1 Å². The number of hydrogen-bond donors (Lipinski definition) is 0. The highest BCUT2D eigenvalue weighted by atomic mass is 16.7. The predicted molar refractivity (Wildman–Crippen MR) is 81.5 cm³/mol. The average Bonchev–Trinajstić information content (AvgIpc) is 3.02. The van der Waals surface area contributed by atoms with E-state index >= 15 is 0 Å². The fourth-order valence-corrected chi connectivity index (χ4v) is 3.09. The molecule has 22 heavy (non-hydrogen) atoms. The minimum absolute atomic E-state index is 0.0596. The molecule has 1 aromatic rings. The van der Waals surface area contributed by atoms with Crippen molar-refractivity contribution in [1.82, 2.24) is 0 Å². The Kier molecular flexibility index (Phi) is 3.98. The van der Waals surface area contributed by atoms with Crippen molar-refractivity contribution in [2.75, 3.05) is 6.61 Å². The zero-order chi connectivity index (χ0) is 15.7. The molecule has 3 rings (SSSR count). The number of Topliss-reactive ketones (excluding diaryl/α,β-unsaturated/α-hetero) is 1. The molecule has 0 aromatic heterocycles. The molecule has 0 N–H and O–H groups in total. The van der Waals surface area contributed by atoms with E-state index in [0.29, 0.717) is 25.0 Å². The lowest BCUT2D eigenvalue weighted by atomic mass is 9.90. The van der Waals surface area contributed by atoms with Crippen LogP contribution in [0.4, 0.5) is 0 Å². The van der Waals surface area contributed by atoms with Crippen LogP contribution >= 0.6 is 0 Å². The Morgan fingerprint density at radius 3 is 2.64 bits per heavy atom. The molecule has 1 fully saturated rings. The number of ether oxygens (including phenoxy) is 2. The second-order valence-electron chi connectivity index (χ2n) is 6.32. The van der Waals surface area contributed by atoms with Crippen LogP contribution in [0.3, 0.4) is 0 Å². The normalized spacial score (nSPS) is 27.0. The molecule has 4 nitrogen and oxygen atoms in total. The molecule has 1 aromatic carbocycles. The van der Waals surface area contributed by atoms with Gasteiger partial charge in [-0.2, -0.15) is 0 Å². The summed E-state index contributed by atoms with van der Waals surface area (Å²) in [4.78, 5) is 24.2. The lowest BCUT2D eigenvalue weighted by molar-refractivity contribution is -0.134. The Labute approximate surface area is 130 Å². The number of carbonyl (C=O) groups excluding carboxylic acids is 2. The van der Waals surface area contributed by atoms with Gasteiger partial charge in [0.15, 0.2) is 17.4 Å². The quantitative estimate of drug-likeness (QED) is 0.802. The zero-order valence-corrected chi connectivity index (χ0v) is 12.9. The highest BCUT2D eigenvalue weighted by Crippen LogP contribution is 2.36. The van der Waals surface area contributed by atoms with E-state index in [4.69, 9.17) is 9.47 Å². The van der Waals surface area contributed by atoms with Crippen molar-refractivity contribution in [2.24, 2.45) is 5.92 Å². The lowest BCUT2D eigenvalue weighted by Gasteiger charge is -2.21. The van der Waals surface area contributed by atoms with Crippen LogP contribution in [0.15, 0.2) is 42.0 Å². The molecule has 0 unspecified atom stereocenters. The smallest absolute Gasteiger partial charge is 0.163 e. The molecule has 0 amide bonds. The van der Waals surface area contributed by atoms with E-state index in [1.807, 2.05) is 32.0 Å². The molecule has 4 heteroatoms. The molecule has 116 valence electrons. The molecule has 0 spiro atoms. The number of ketones is 2. The topological polar surface area (TPSA) is 52.6 Å². The van der Waals surface area contributed by atoms with Crippen LogP contribution in [0.5, 0.6) is 0 Å². The van der Waals surface area contributed by atoms with E-state index in [9.17, 15) is 9.59 Å². The van der Waals surface area contributed by atoms with E-state index < -0.39 is 5.79 Å². The Morgan fingerprint density at radius 2 is 2.00 bits per heavy atom. The van der Waals surface area contributed by atoms with Gasteiger partial charge in [-0.1, -0.05) is 30.3 Å². The van der Waals surface area contributed by atoms with Crippen molar-refractivity contribution in [3.05, 3.63) is 47.5 Å². The summed E-state index contributed by atoms with van der Waals surface area (Å²) in [6, 6.07) is 9.19. The first kappa shape index (κ1) is 15.1. The van der Waals surface area contributed by atoms with E-state index in [1.165, 1.54) is 0 Å². The zero-order valence-electron chi connectivity index (χ0n) is 12.9. The second-order valence-corrected chi connectivity index (χ2v) is 6.32. The van der Waals surface area contributed by atoms with Crippen LogP contribution in [-0.2, 0) is 14.3 Å². The van der Waals surface area contributed by atoms with Crippen molar-refractivity contribution in [3.8, 4) is 0 Å². The van der Waals surface area contributed by atoms with E-state index in [1.54, 1.807) is 18.2 Å². The summed E-state index contributed by atoms with van der Waals surface area (Å²) in [6.07, 6.45) is 2.13. The predicted octanol–water partition coefficient (Wildman–Crippen LogP) is 2.93. The molecule has 2 aliphatic rings. The number of rotatable bonds is 4. The van der Waals surface area contributed by atoms with E-state index in [2.05, 4.69) is 0 Å². The van der Waals surface area contributed by atoms with Crippen LogP contribution in [0.25, 0.3) is 0 Å². The van der Waals surface area contributed by atoms with Gasteiger partial charge in [0, 0.05) is 18.4 Å². The van der Waals surface area contributed by atoms with Gasteiger partial charge in [-0.3, -0.25) is 9.59 Å². The first-order chi connectivity index (χ1) is 10.4. The fraction of sp³-hybridized carbons (Fsp3) is 0.444. The molecule has 1 saturated heterocycles. The van der Waals surface area contributed by atoms with Gasteiger partial charge in [0.2, 0.25) is 0 Å². The maximum atomic E-state index is 12.4. The Balaban J connectivity index is 1.72. The summed E-state index contributed by atoms with van der Waals surface area (Å²) >= 11 is 0. The summed E-state index contributed by atoms with van der Waals surface area (Å²) < 4.78 is 11.4. The van der Waals surface area contributed by atoms with Gasteiger partial charge in [0.25, 0.3) is 0 Å². The maximum Gasteiger partial charge on any atom is 0.163 e. The average molecular weight is 300 g/mol. The molecule has 1 aliphatic heterocycles. The molecule has 0 radical (unpaired) electrons. The number of hydrogen-bond acceptors (Lipinski definition) is 4. The first-order valence-electron chi connectivity index (χ1n) is 7.59. The van der Waals surface area contributed by atoms with Crippen LogP contribution in [0.1, 0.15) is 37.0 Å². The highest BCUT2D eigenvalue weighted by Gasteiger charge is 2.40. The van der Waals surface area contributed by atoms with Gasteiger partial charge in [0.05, 0.1) is 6.61 Å².